The molecule has 0 saturated carbocycles. The van der Waals surface area contributed by atoms with Crippen molar-refractivity contribution in [1.29, 1.82) is 5.26 Å². The highest BCUT2D eigenvalue weighted by molar-refractivity contribution is 6.30. The molecule has 17 heavy (non-hydrogen) atoms. The summed E-state index contributed by atoms with van der Waals surface area (Å²) in [5.41, 5.74) is 1.34. The predicted octanol–water partition coefficient (Wildman–Crippen LogP) is 3.12. The van der Waals surface area contributed by atoms with Crippen LogP contribution in [0, 0.1) is 24.1 Å². The first kappa shape index (κ1) is 11.5. The molecule has 1 aromatic carbocycles. The molecule has 1 heterocycles. The van der Waals surface area contributed by atoms with E-state index < -0.39 is 5.82 Å². The maximum absolute atomic E-state index is 13.2. The zero-order valence-corrected chi connectivity index (χ0v) is 9.66. The van der Waals surface area contributed by atoms with Crippen LogP contribution in [0.3, 0.4) is 0 Å². The van der Waals surface area contributed by atoms with Gasteiger partial charge in [0.1, 0.15) is 17.6 Å². The van der Waals surface area contributed by atoms with Gasteiger partial charge in [-0.25, -0.2) is 14.4 Å². The summed E-state index contributed by atoms with van der Waals surface area (Å²) in [5.74, 6) is -0.168. The van der Waals surface area contributed by atoms with Crippen molar-refractivity contribution in [2.24, 2.45) is 0 Å². The van der Waals surface area contributed by atoms with E-state index in [2.05, 4.69) is 9.97 Å². The number of hydrogen-bond donors (Lipinski definition) is 0. The average molecular weight is 248 g/mol. The standard InChI is InChI=1S/C12H7ClFN3/c1-7-2-11(6-15)17-12(16-7)8-3-9(13)5-10(14)4-8/h2-5H,1H3. The molecule has 2 rings (SSSR count). The zero-order chi connectivity index (χ0) is 12.4. The molecule has 0 unspecified atom stereocenters. The summed E-state index contributed by atoms with van der Waals surface area (Å²) in [6.45, 7) is 1.74. The minimum atomic E-state index is -0.462. The van der Waals surface area contributed by atoms with Gasteiger partial charge in [-0.2, -0.15) is 5.26 Å². The van der Waals surface area contributed by atoms with E-state index >= 15 is 0 Å². The molecule has 0 amide bonds. The van der Waals surface area contributed by atoms with Crippen molar-refractivity contribution in [3.05, 3.63) is 46.5 Å². The van der Waals surface area contributed by atoms with Crippen molar-refractivity contribution in [2.75, 3.05) is 0 Å². The van der Waals surface area contributed by atoms with Crippen molar-refractivity contribution in [3.8, 4) is 17.5 Å². The van der Waals surface area contributed by atoms with Crippen LogP contribution in [0.25, 0.3) is 11.4 Å². The van der Waals surface area contributed by atoms with Crippen LogP contribution in [-0.4, -0.2) is 9.97 Å². The van der Waals surface area contributed by atoms with Gasteiger partial charge in [0.25, 0.3) is 0 Å². The van der Waals surface area contributed by atoms with Gasteiger partial charge in [0.05, 0.1) is 0 Å². The van der Waals surface area contributed by atoms with Crippen LogP contribution in [0.4, 0.5) is 4.39 Å². The van der Waals surface area contributed by atoms with Gasteiger partial charge >= 0.3 is 0 Å². The number of nitrogens with zero attached hydrogens (tertiary/aromatic N) is 3. The minimum Gasteiger partial charge on any atom is -0.233 e. The normalized spacial score (nSPS) is 10.0. The quantitative estimate of drug-likeness (QED) is 0.778. The van der Waals surface area contributed by atoms with Crippen molar-refractivity contribution in [2.45, 2.75) is 6.92 Å². The molecule has 0 radical (unpaired) electrons. The van der Waals surface area contributed by atoms with Gasteiger partial charge in [0.2, 0.25) is 0 Å². The Labute approximate surface area is 103 Å². The molecule has 84 valence electrons. The number of aryl methyl sites for hydroxylation is 1. The molecule has 0 aliphatic rings. The van der Waals surface area contributed by atoms with Crippen LogP contribution in [0.2, 0.25) is 5.02 Å². The summed E-state index contributed by atoms with van der Waals surface area (Å²) >= 11 is 5.75. The SMILES string of the molecule is Cc1cc(C#N)nc(-c2cc(F)cc(Cl)c2)n1. The molecule has 2 aromatic rings. The highest BCUT2D eigenvalue weighted by atomic mass is 35.5. The number of hydrogen-bond acceptors (Lipinski definition) is 3. The van der Waals surface area contributed by atoms with Crippen LogP contribution >= 0.6 is 11.6 Å². The topological polar surface area (TPSA) is 49.6 Å². The Hall–Kier alpha value is -1.99. The summed E-state index contributed by atoms with van der Waals surface area (Å²) < 4.78 is 13.2. The first-order valence-electron chi connectivity index (χ1n) is 4.81. The third-order valence-electron chi connectivity index (χ3n) is 2.09. The van der Waals surface area contributed by atoms with E-state index in [1.165, 1.54) is 12.1 Å². The Morgan fingerprint density at radius 3 is 2.65 bits per heavy atom. The Morgan fingerprint density at radius 1 is 1.24 bits per heavy atom. The molecule has 0 bridgehead atoms. The molecule has 0 fully saturated rings. The lowest BCUT2D eigenvalue weighted by Gasteiger charge is -2.03. The van der Waals surface area contributed by atoms with E-state index in [1.54, 1.807) is 19.1 Å². The van der Waals surface area contributed by atoms with Crippen LogP contribution in [0.1, 0.15) is 11.4 Å². The molecule has 3 nitrogen and oxygen atoms in total. The molecule has 0 saturated heterocycles. The zero-order valence-electron chi connectivity index (χ0n) is 8.91. The minimum absolute atomic E-state index is 0.243. The van der Waals surface area contributed by atoms with Crippen LogP contribution in [0.15, 0.2) is 24.3 Å². The molecular weight excluding hydrogens is 241 g/mol. The van der Waals surface area contributed by atoms with Crippen LogP contribution in [-0.2, 0) is 0 Å². The van der Waals surface area contributed by atoms with E-state index in [1.807, 2.05) is 6.07 Å². The predicted molar refractivity (Wildman–Crippen MR) is 61.9 cm³/mol. The third-order valence-corrected chi connectivity index (χ3v) is 2.31. The first-order chi connectivity index (χ1) is 8.08. The summed E-state index contributed by atoms with van der Waals surface area (Å²) in [6.07, 6.45) is 0. The summed E-state index contributed by atoms with van der Waals surface area (Å²) in [7, 11) is 0. The number of rotatable bonds is 1. The fourth-order valence-corrected chi connectivity index (χ4v) is 1.66. The second-order valence-corrected chi connectivity index (χ2v) is 3.92. The van der Waals surface area contributed by atoms with Crippen molar-refractivity contribution < 1.29 is 4.39 Å². The van der Waals surface area contributed by atoms with Gasteiger partial charge in [0.15, 0.2) is 5.82 Å². The molecule has 5 heteroatoms. The lowest BCUT2D eigenvalue weighted by Crippen LogP contribution is -1.95. The Bertz CT molecular complexity index is 599. The summed E-state index contributed by atoms with van der Waals surface area (Å²) in [6, 6.07) is 7.53. The highest BCUT2D eigenvalue weighted by Gasteiger charge is 2.07. The number of aromatic nitrogens is 2. The Morgan fingerprint density at radius 2 is 2.00 bits per heavy atom. The fraction of sp³-hybridized carbons (Fsp3) is 0.0833. The Kier molecular flexibility index (Phi) is 3.03. The molecule has 0 aliphatic heterocycles. The molecule has 0 N–H and O–H groups in total. The van der Waals surface area contributed by atoms with E-state index in [4.69, 9.17) is 16.9 Å². The van der Waals surface area contributed by atoms with Crippen LogP contribution < -0.4 is 0 Å². The molecular formula is C12H7ClFN3. The molecule has 1 aromatic heterocycles. The summed E-state index contributed by atoms with van der Waals surface area (Å²) in [4.78, 5) is 8.15. The van der Waals surface area contributed by atoms with Gasteiger partial charge in [-0.1, -0.05) is 11.6 Å². The van der Waals surface area contributed by atoms with Gasteiger partial charge in [0, 0.05) is 16.3 Å². The van der Waals surface area contributed by atoms with Gasteiger partial charge in [-0.3, -0.25) is 0 Å². The molecule has 0 spiro atoms. The maximum Gasteiger partial charge on any atom is 0.161 e. The first-order valence-corrected chi connectivity index (χ1v) is 5.18. The lowest BCUT2D eigenvalue weighted by atomic mass is 10.2. The van der Waals surface area contributed by atoms with Crippen molar-refractivity contribution in [3.63, 3.8) is 0 Å². The maximum atomic E-state index is 13.2. The second-order valence-electron chi connectivity index (χ2n) is 3.49. The number of halogens is 2. The van der Waals surface area contributed by atoms with E-state index in [0.717, 1.165) is 0 Å². The lowest BCUT2D eigenvalue weighted by molar-refractivity contribution is 0.628. The van der Waals surface area contributed by atoms with Crippen LogP contribution in [0.5, 0.6) is 0 Å². The monoisotopic (exact) mass is 247 g/mol. The third kappa shape index (κ3) is 2.58. The number of benzene rings is 1. The summed E-state index contributed by atoms with van der Waals surface area (Å²) in [5, 5.41) is 9.07. The van der Waals surface area contributed by atoms with E-state index in [9.17, 15) is 4.39 Å². The smallest absolute Gasteiger partial charge is 0.161 e. The van der Waals surface area contributed by atoms with E-state index in [-0.39, 0.29) is 10.7 Å². The molecule has 0 atom stereocenters. The van der Waals surface area contributed by atoms with Gasteiger partial charge in [-0.05, 0) is 31.2 Å². The second kappa shape index (κ2) is 4.48. The van der Waals surface area contributed by atoms with Gasteiger partial charge < -0.3 is 0 Å². The van der Waals surface area contributed by atoms with Crippen molar-refractivity contribution in [1.82, 2.24) is 9.97 Å². The van der Waals surface area contributed by atoms with Gasteiger partial charge in [-0.15, -0.1) is 0 Å². The van der Waals surface area contributed by atoms with E-state index in [0.29, 0.717) is 17.1 Å². The Balaban J connectivity index is 2.60. The highest BCUT2D eigenvalue weighted by Crippen LogP contribution is 2.22. The average Bonchev–Trinajstić information content (AvgIpc) is 2.26. The van der Waals surface area contributed by atoms with Crippen molar-refractivity contribution >= 4 is 11.6 Å². The molecule has 0 aliphatic carbocycles. The number of nitriles is 1. The largest absolute Gasteiger partial charge is 0.233 e. The fourth-order valence-electron chi connectivity index (χ4n) is 1.44.